The number of thioether (sulfide) groups is 2. The summed E-state index contributed by atoms with van der Waals surface area (Å²) in [5.74, 6) is 6.25. The smallest absolute Gasteiger partial charge is 0.0418 e. The molecule has 3 saturated heterocycles. The molecule has 3 nitrogen and oxygen atoms in total. The van der Waals surface area contributed by atoms with Crippen molar-refractivity contribution in [3.05, 3.63) is 0 Å². The standard InChI is InChI=1S/3C3H7NS/c2*1-2-5-3-4-1;1-2-4-5-3-1/h3*4H,1-3H2. The lowest BCUT2D eigenvalue weighted by atomic mass is 10.5. The Labute approximate surface area is 106 Å². The molecule has 0 amide bonds. The second kappa shape index (κ2) is 11.4. The molecule has 0 aliphatic carbocycles. The Morgan fingerprint density at radius 3 is 1.53 bits per heavy atom. The second-order valence-electron chi connectivity index (χ2n) is 3.20. The number of hydrogen-bond donors (Lipinski definition) is 3. The van der Waals surface area contributed by atoms with E-state index in [9.17, 15) is 0 Å². The van der Waals surface area contributed by atoms with Gasteiger partial charge in [0.05, 0.1) is 0 Å². The molecule has 3 aliphatic rings. The quantitative estimate of drug-likeness (QED) is 0.573. The van der Waals surface area contributed by atoms with E-state index in [-0.39, 0.29) is 0 Å². The number of rotatable bonds is 0. The third-order valence-corrected chi connectivity index (χ3v) is 4.59. The first-order valence-corrected chi connectivity index (χ1v) is 8.71. The highest BCUT2D eigenvalue weighted by atomic mass is 32.2. The summed E-state index contributed by atoms with van der Waals surface area (Å²) in [4.78, 5) is 0. The molecule has 0 bridgehead atoms. The summed E-state index contributed by atoms with van der Waals surface area (Å²) in [6.45, 7) is 3.64. The van der Waals surface area contributed by atoms with Gasteiger partial charge >= 0.3 is 0 Å². The Kier molecular flexibility index (Phi) is 10.6. The summed E-state index contributed by atoms with van der Waals surface area (Å²) in [5, 5.41) is 6.37. The fourth-order valence-corrected chi connectivity index (χ4v) is 3.25. The van der Waals surface area contributed by atoms with Crippen molar-refractivity contribution in [2.45, 2.75) is 6.42 Å². The zero-order valence-corrected chi connectivity index (χ0v) is 11.5. The molecular formula is C9H21N3S3. The van der Waals surface area contributed by atoms with Gasteiger partial charge in [0.15, 0.2) is 0 Å². The van der Waals surface area contributed by atoms with Gasteiger partial charge in [0.2, 0.25) is 0 Å². The number of hydrogen-bond acceptors (Lipinski definition) is 6. The maximum Gasteiger partial charge on any atom is 0.0418 e. The summed E-state index contributed by atoms with van der Waals surface area (Å²) < 4.78 is 3.14. The van der Waals surface area contributed by atoms with E-state index < -0.39 is 0 Å². The van der Waals surface area contributed by atoms with E-state index in [0.717, 1.165) is 0 Å². The van der Waals surface area contributed by atoms with E-state index in [1.54, 1.807) is 0 Å². The minimum atomic E-state index is 1.17. The van der Waals surface area contributed by atoms with E-state index in [0.29, 0.717) is 0 Å². The van der Waals surface area contributed by atoms with E-state index in [1.807, 2.05) is 35.5 Å². The van der Waals surface area contributed by atoms with Gasteiger partial charge in [-0.05, 0) is 6.42 Å². The van der Waals surface area contributed by atoms with E-state index in [1.165, 1.54) is 55.1 Å². The van der Waals surface area contributed by atoms with Crippen LogP contribution in [0, 0.1) is 0 Å². The molecule has 3 fully saturated rings. The molecule has 0 atom stereocenters. The van der Waals surface area contributed by atoms with Crippen molar-refractivity contribution in [1.29, 1.82) is 0 Å². The second-order valence-corrected chi connectivity index (χ2v) is 6.40. The van der Waals surface area contributed by atoms with Crippen LogP contribution in [0.15, 0.2) is 0 Å². The van der Waals surface area contributed by atoms with Gasteiger partial charge in [-0.3, -0.25) is 4.72 Å². The number of nitrogens with one attached hydrogen (secondary N) is 3. The largest absolute Gasteiger partial charge is 0.307 e. The fraction of sp³-hybridized carbons (Fsp3) is 1.00. The predicted molar refractivity (Wildman–Crippen MR) is 75.7 cm³/mol. The van der Waals surface area contributed by atoms with Crippen LogP contribution in [0.5, 0.6) is 0 Å². The highest BCUT2D eigenvalue weighted by molar-refractivity contribution is 7.99. The topological polar surface area (TPSA) is 36.1 Å². The molecule has 3 heterocycles. The lowest BCUT2D eigenvalue weighted by Gasteiger charge is -1.75. The van der Waals surface area contributed by atoms with Crippen molar-refractivity contribution in [2.24, 2.45) is 0 Å². The van der Waals surface area contributed by atoms with Crippen LogP contribution in [0.4, 0.5) is 0 Å². The van der Waals surface area contributed by atoms with Gasteiger partial charge in [-0.25, -0.2) is 0 Å². The predicted octanol–water partition coefficient (Wildman–Crippen LogP) is 1.19. The lowest BCUT2D eigenvalue weighted by Crippen LogP contribution is -2.04. The van der Waals surface area contributed by atoms with E-state index in [2.05, 4.69) is 15.4 Å². The monoisotopic (exact) mass is 267 g/mol. The highest BCUT2D eigenvalue weighted by Gasteiger charge is 1.94. The normalized spacial score (nSPS) is 24.0. The average Bonchev–Trinajstić information content (AvgIpc) is 3.09. The molecule has 0 aromatic carbocycles. The highest BCUT2D eigenvalue weighted by Crippen LogP contribution is 2.02. The van der Waals surface area contributed by atoms with Crippen LogP contribution < -0.4 is 15.4 Å². The Morgan fingerprint density at radius 1 is 0.733 bits per heavy atom. The Balaban J connectivity index is 0.000000112. The molecule has 3 rings (SSSR count). The molecule has 0 aromatic rings. The minimum Gasteiger partial charge on any atom is -0.307 e. The van der Waals surface area contributed by atoms with Gasteiger partial charge in [-0.1, -0.05) is 11.9 Å². The maximum absolute atomic E-state index is 3.19. The summed E-state index contributed by atoms with van der Waals surface area (Å²) in [6.07, 6.45) is 1.35. The van der Waals surface area contributed by atoms with Crippen LogP contribution in [0.25, 0.3) is 0 Å². The lowest BCUT2D eigenvalue weighted by molar-refractivity contribution is 0.885. The summed E-state index contributed by atoms with van der Waals surface area (Å²) in [5.41, 5.74) is 0. The average molecular weight is 267 g/mol. The van der Waals surface area contributed by atoms with Crippen LogP contribution in [0.1, 0.15) is 6.42 Å². The van der Waals surface area contributed by atoms with Gasteiger partial charge in [0.1, 0.15) is 0 Å². The first kappa shape index (κ1) is 14.0. The van der Waals surface area contributed by atoms with Gasteiger partial charge < -0.3 is 10.6 Å². The zero-order valence-electron chi connectivity index (χ0n) is 9.09. The van der Waals surface area contributed by atoms with Crippen LogP contribution in [-0.2, 0) is 0 Å². The van der Waals surface area contributed by atoms with Gasteiger partial charge in [-0.15, -0.1) is 23.5 Å². The first-order chi connectivity index (χ1) is 7.50. The third kappa shape index (κ3) is 9.84. The van der Waals surface area contributed by atoms with Crippen molar-refractivity contribution in [3.63, 3.8) is 0 Å². The van der Waals surface area contributed by atoms with Crippen LogP contribution in [0.3, 0.4) is 0 Å². The third-order valence-electron chi connectivity index (χ3n) is 1.88. The molecule has 3 N–H and O–H groups in total. The van der Waals surface area contributed by atoms with Crippen molar-refractivity contribution in [1.82, 2.24) is 15.4 Å². The summed E-state index contributed by atoms with van der Waals surface area (Å²) >= 11 is 5.75. The Bertz CT molecular complexity index is 79.2. The van der Waals surface area contributed by atoms with Gasteiger partial charge in [0.25, 0.3) is 0 Å². The SMILES string of the molecule is C1CNSC1.C1CSCN1.C1CSCN1. The molecule has 3 aliphatic heterocycles. The van der Waals surface area contributed by atoms with E-state index >= 15 is 0 Å². The molecule has 15 heavy (non-hydrogen) atoms. The van der Waals surface area contributed by atoms with Gasteiger partial charge in [-0.2, -0.15) is 0 Å². The molecule has 6 heteroatoms. The van der Waals surface area contributed by atoms with Crippen molar-refractivity contribution in [3.8, 4) is 0 Å². The van der Waals surface area contributed by atoms with Crippen LogP contribution in [-0.4, -0.2) is 48.6 Å². The Hall–Kier alpha value is 0.930. The fourth-order valence-electron chi connectivity index (χ4n) is 1.08. The molecule has 90 valence electrons. The van der Waals surface area contributed by atoms with Gasteiger partial charge in [0, 0.05) is 48.6 Å². The summed E-state index contributed by atoms with van der Waals surface area (Å²) in [6, 6.07) is 0. The first-order valence-electron chi connectivity index (χ1n) is 5.42. The van der Waals surface area contributed by atoms with Crippen molar-refractivity contribution in [2.75, 3.05) is 48.6 Å². The molecule has 0 spiro atoms. The molecule has 0 aromatic heterocycles. The Morgan fingerprint density at radius 2 is 1.40 bits per heavy atom. The molecule has 0 unspecified atom stereocenters. The summed E-state index contributed by atoms with van der Waals surface area (Å²) in [7, 11) is 0. The van der Waals surface area contributed by atoms with Crippen molar-refractivity contribution >= 4 is 35.5 Å². The zero-order chi connectivity index (χ0) is 10.6. The molecule has 0 radical (unpaired) electrons. The van der Waals surface area contributed by atoms with Crippen LogP contribution >= 0.6 is 35.5 Å². The molecule has 0 saturated carbocycles. The van der Waals surface area contributed by atoms with Crippen molar-refractivity contribution < 1.29 is 0 Å². The minimum absolute atomic E-state index is 1.17. The van der Waals surface area contributed by atoms with E-state index in [4.69, 9.17) is 0 Å². The maximum atomic E-state index is 3.19. The molecular weight excluding hydrogens is 246 g/mol. The van der Waals surface area contributed by atoms with Crippen LogP contribution in [0.2, 0.25) is 0 Å².